The lowest BCUT2D eigenvalue weighted by Gasteiger charge is -2.29. The molecule has 1 heteroatoms. The smallest absolute Gasteiger partial charge is 0.130 e. The van der Waals surface area contributed by atoms with E-state index in [1.165, 1.54) is 127 Å². The minimum atomic E-state index is 1.13. The molecule has 0 saturated heterocycles. The van der Waals surface area contributed by atoms with Crippen LogP contribution < -0.4 is 4.74 Å². The van der Waals surface area contributed by atoms with E-state index in [0.717, 1.165) is 11.5 Å². The maximum atomic E-state index is 6.55. The van der Waals surface area contributed by atoms with E-state index in [0.29, 0.717) is 0 Å². The van der Waals surface area contributed by atoms with Crippen LogP contribution in [0.1, 0.15) is 124 Å². The van der Waals surface area contributed by atoms with Crippen LogP contribution in [0.5, 0.6) is 11.5 Å². The molecular weight excluding hydrogens is 400 g/mol. The maximum Gasteiger partial charge on any atom is 0.130 e. The van der Waals surface area contributed by atoms with Crippen LogP contribution in [0.15, 0.2) is 24.3 Å². The standard InChI is InChI=1S/C32H46O/c1-3-5-7-9-11-13-15-25-17-23-31(29-21-19-27(25)29)33-32-24-18-26(28-20-22-30(28)32)16-14-12-10-8-6-4-2/h17-18,23-24H,3-16,19-22H2,1-2H3. The Kier molecular flexibility index (Phi) is 9.33. The number of rotatable bonds is 16. The Balaban J connectivity index is 1.31. The zero-order valence-electron chi connectivity index (χ0n) is 21.4. The topological polar surface area (TPSA) is 9.23 Å². The zero-order valence-corrected chi connectivity index (χ0v) is 21.4. The predicted molar refractivity (Wildman–Crippen MR) is 142 cm³/mol. The summed E-state index contributed by atoms with van der Waals surface area (Å²) in [5.74, 6) is 2.25. The van der Waals surface area contributed by atoms with Crippen molar-refractivity contribution in [1.29, 1.82) is 0 Å². The first-order valence-electron chi connectivity index (χ1n) is 14.3. The van der Waals surface area contributed by atoms with Gasteiger partial charge in [-0.25, -0.2) is 0 Å². The van der Waals surface area contributed by atoms with Gasteiger partial charge in [-0.05, 0) is 96.9 Å². The quantitative estimate of drug-likeness (QED) is 0.233. The summed E-state index contributed by atoms with van der Waals surface area (Å²) >= 11 is 0. The molecule has 0 unspecified atom stereocenters. The molecule has 4 rings (SSSR count). The first kappa shape index (κ1) is 24.4. The summed E-state index contributed by atoms with van der Waals surface area (Å²) in [6.45, 7) is 4.58. The van der Waals surface area contributed by atoms with Gasteiger partial charge in [-0.15, -0.1) is 0 Å². The van der Waals surface area contributed by atoms with Crippen LogP contribution >= 0.6 is 0 Å². The molecule has 0 atom stereocenters. The second-order valence-corrected chi connectivity index (χ2v) is 10.5. The molecule has 0 N–H and O–H groups in total. The molecule has 2 aliphatic rings. The second kappa shape index (κ2) is 12.6. The Bertz CT molecular complexity index is 820. The minimum absolute atomic E-state index is 1.13. The highest BCUT2D eigenvalue weighted by Crippen LogP contribution is 2.42. The van der Waals surface area contributed by atoms with Crippen LogP contribution in [0.25, 0.3) is 0 Å². The largest absolute Gasteiger partial charge is 0.457 e. The van der Waals surface area contributed by atoms with Crippen molar-refractivity contribution in [3.05, 3.63) is 57.6 Å². The van der Waals surface area contributed by atoms with Crippen molar-refractivity contribution in [3.8, 4) is 11.5 Å². The van der Waals surface area contributed by atoms with E-state index < -0.39 is 0 Å². The van der Waals surface area contributed by atoms with E-state index >= 15 is 0 Å². The fraction of sp³-hybridized carbons (Fsp3) is 0.625. The van der Waals surface area contributed by atoms with Gasteiger partial charge >= 0.3 is 0 Å². The molecule has 2 aromatic rings. The highest BCUT2D eigenvalue weighted by atomic mass is 16.5. The van der Waals surface area contributed by atoms with Crippen LogP contribution in [-0.4, -0.2) is 0 Å². The molecule has 0 bridgehead atoms. The lowest BCUT2D eigenvalue weighted by Crippen LogP contribution is -2.16. The molecule has 1 nitrogen and oxygen atoms in total. The van der Waals surface area contributed by atoms with E-state index in [1.807, 2.05) is 0 Å². The Labute approximate surface area is 203 Å². The average molecular weight is 447 g/mol. The summed E-state index contributed by atoms with van der Waals surface area (Å²) in [7, 11) is 0. The lowest BCUT2D eigenvalue weighted by molar-refractivity contribution is 0.457. The van der Waals surface area contributed by atoms with Gasteiger partial charge in [0.25, 0.3) is 0 Å². The molecule has 0 amide bonds. The van der Waals surface area contributed by atoms with Crippen molar-refractivity contribution >= 4 is 0 Å². The molecule has 0 heterocycles. The van der Waals surface area contributed by atoms with Crippen LogP contribution in [0.4, 0.5) is 0 Å². The number of fused-ring (bicyclic) bond motifs is 2. The van der Waals surface area contributed by atoms with E-state index in [4.69, 9.17) is 4.74 Å². The van der Waals surface area contributed by atoms with Crippen LogP contribution in [0, 0.1) is 0 Å². The van der Waals surface area contributed by atoms with Gasteiger partial charge in [-0.1, -0.05) is 90.2 Å². The molecular formula is C32H46O. The van der Waals surface area contributed by atoms with E-state index in [1.54, 1.807) is 22.3 Å². The Morgan fingerprint density at radius 1 is 0.485 bits per heavy atom. The Morgan fingerprint density at radius 3 is 1.27 bits per heavy atom. The molecule has 0 saturated carbocycles. The number of unbranched alkanes of at least 4 members (excludes halogenated alkanes) is 10. The summed E-state index contributed by atoms with van der Waals surface area (Å²) in [5, 5.41) is 0. The molecule has 2 aliphatic carbocycles. The molecule has 33 heavy (non-hydrogen) atoms. The molecule has 0 fully saturated rings. The molecule has 0 radical (unpaired) electrons. The van der Waals surface area contributed by atoms with Gasteiger partial charge in [0.15, 0.2) is 0 Å². The van der Waals surface area contributed by atoms with Crippen molar-refractivity contribution in [2.45, 2.75) is 129 Å². The third-order valence-corrected chi connectivity index (χ3v) is 8.04. The van der Waals surface area contributed by atoms with Crippen LogP contribution in [-0.2, 0) is 38.5 Å². The fourth-order valence-corrected chi connectivity index (χ4v) is 5.73. The second-order valence-electron chi connectivity index (χ2n) is 10.5. The Hall–Kier alpha value is -1.76. The SMILES string of the molecule is CCCCCCCCc1ccc(Oc2ccc(CCCCCCCC)c3c2CC3)c2c1CC2. The third-order valence-electron chi connectivity index (χ3n) is 8.04. The van der Waals surface area contributed by atoms with Crippen molar-refractivity contribution in [1.82, 2.24) is 0 Å². The van der Waals surface area contributed by atoms with E-state index in [9.17, 15) is 0 Å². The van der Waals surface area contributed by atoms with E-state index in [-0.39, 0.29) is 0 Å². The van der Waals surface area contributed by atoms with Gasteiger partial charge in [-0.2, -0.15) is 0 Å². The van der Waals surface area contributed by atoms with E-state index in [2.05, 4.69) is 38.1 Å². The third kappa shape index (κ3) is 6.23. The predicted octanol–water partition coefficient (Wildman–Crippen LogP) is 9.48. The molecule has 180 valence electrons. The molecule has 0 aromatic heterocycles. The molecule has 0 aliphatic heterocycles. The lowest BCUT2D eigenvalue weighted by atomic mass is 9.81. The summed E-state index contributed by atoms with van der Waals surface area (Å²) in [6, 6.07) is 9.25. The van der Waals surface area contributed by atoms with Crippen molar-refractivity contribution in [2.75, 3.05) is 0 Å². The Morgan fingerprint density at radius 2 is 0.879 bits per heavy atom. The van der Waals surface area contributed by atoms with Crippen molar-refractivity contribution in [2.24, 2.45) is 0 Å². The summed E-state index contributed by atoms with van der Waals surface area (Å²) in [5.41, 5.74) is 9.34. The first-order chi connectivity index (χ1) is 16.3. The zero-order chi connectivity index (χ0) is 22.9. The summed E-state index contributed by atoms with van der Waals surface area (Å²) in [4.78, 5) is 0. The van der Waals surface area contributed by atoms with Crippen molar-refractivity contribution in [3.63, 3.8) is 0 Å². The highest BCUT2D eigenvalue weighted by Gasteiger charge is 2.25. The monoisotopic (exact) mass is 446 g/mol. The van der Waals surface area contributed by atoms with Gasteiger partial charge in [-0.3, -0.25) is 0 Å². The average Bonchev–Trinajstić information content (AvgIpc) is 2.76. The van der Waals surface area contributed by atoms with Gasteiger partial charge in [0.1, 0.15) is 11.5 Å². The maximum absolute atomic E-state index is 6.55. The van der Waals surface area contributed by atoms with Gasteiger partial charge in [0.2, 0.25) is 0 Å². The number of hydrogen-bond donors (Lipinski definition) is 0. The minimum Gasteiger partial charge on any atom is -0.457 e. The van der Waals surface area contributed by atoms with Gasteiger partial charge < -0.3 is 4.74 Å². The number of benzene rings is 2. The van der Waals surface area contributed by atoms with Gasteiger partial charge in [0.05, 0.1) is 0 Å². The normalized spacial score (nSPS) is 13.8. The molecule has 2 aromatic carbocycles. The summed E-state index contributed by atoms with van der Waals surface area (Å²) < 4.78 is 6.55. The fourth-order valence-electron chi connectivity index (χ4n) is 5.73. The highest BCUT2D eigenvalue weighted by molar-refractivity contribution is 5.56. The molecule has 0 spiro atoms. The van der Waals surface area contributed by atoms with Gasteiger partial charge in [0, 0.05) is 0 Å². The number of ether oxygens (including phenoxy) is 1. The number of aryl methyl sites for hydroxylation is 2. The van der Waals surface area contributed by atoms with Crippen LogP contribution in [0.2, 0.25) is 0 Å². The van der Waals surface area contributed by atoms with Crippen LogP contribution in [0.3, 0.4) is 0 Å². The number of hydrogen-bond acceptors (Lipinski definition) is 1. The summed E-state index contributed by atoms with van der Waals surface area (Å²) in [6.07, 6.45) is 23.9. The first-order valence-corrected chi connectivity index (χ1v) is 14.3. The van der Waals surface area contributed by atoms with Crippen molar-refractivity contribution < 1.29 is 4.74 Å².